The maximum absolute atomic E-state index is 12.4. The van der Waals surface area contributed by atoms with Crippen LogP contribution in [0.2, 0.25) is 0 Å². The standard InChI is InChI=1S/C13H14F3N3O/c14-13(15,16)11-3-1-10(2-4-11)9-20-12-7-18-19(8-12)6-5-17/h1-4,7-8H,5-6,9,17H2. The second-order valence-electron chi connectivity index (χ2n) is 4.21. The molecule has 0 fully saturated rings. The Morgan fingerprint density at radius 1 is 1.20 bits per heavy atom. The Morgan fingerprint density at radius 3 is 2.50 bits per heavy atom. The molecule has 0 radical (unpaired) electrons. The molecule has 0 amide bonds. The number of alkyl halides is 3. The minimum atomic E-state index is -4.32. The third-order valence-corrected chi connectivity index (χ3v) is 2.65. The summed E-state index contributed by atoms with van der Waals surface area (Å²) in [6, 6.07) is 4.87. The molecule has 1 aromatic carbocycles. The molecule has 1 heterocycles. The molecule has 0 saturated heterocycles. The van der Waals surface area contributed by atoms with E-state index < -0.39 is 11.7 Å². The summed E-state index contributed by atoms with van der Waals surface area (Å²) in [5.41, 5.74) is 5.38. The first-order valence-corrected chi connectivity index (χ1v) is 6.00. The predicted molar refractivity (Wildman–Crippen MR) is 67.1 cm³/mol. The fourth-order valence-corrected chi connectivity index (χ4v) is 1.63. The van der Waals surface area contributed by atoms with E-state index in [1.807, 2.05) is 0 Å². The zero-order valence-corrected chi connectivity index (χ0v) is 10.6. The highest BCUT2D eigenvalue weighted by Gasteiger charge is 2.29. The summed E-state index contributed by atoms with van der Waals surface area (Å²) in [5, 5.41) is 4.03. The number of nitrogens with two attached hydrogens (primary N) is 1. The maximum atomic E-state index is 12.4. The Kier molecular flexibility index (Phi) is 4.29. The lowest BCUT2D eigenvalue weighted by molar-refractivity contribution is -0.137. The lowest BCUT2D eigenvalue weighted by Gasteiger charge is -2.08. The Hall–Kier alpha value is -2.02. The average molecular weight is 285 g/mol. The lowest BCUT2D eigenvalue weighted by Crippen LogP contribution is -2.09. The summed E-state index contributed by atoms with van der Waals surface area (Å²) in [5.74, 6) is 0.554. The molecule has 108 valence electrons. The van der Waals surface area contributed by atoms with Gasteiger partial charge in [-0.3, -0.25) is 4.68 Å². The third kappa shape index (κ3) is 3.74. The molecule has 0 aliphatic heterocycles. The van der Waals surface area contributed by atoms with Crippen molar-refractivity contribution < 1.29 is 17.9 Å². The van der Waals surface area contributed by atoms with E-state index in [0.717, 1.165) is 12.1 Å². The Morgan fingerprint density at radius 2 is 1.90 bits per heavy atom. The second-order valence-corrected chi connectivity index (χ2v) is 4.21. The highest BCUT2D eigenvalue weighted by Crippen LogP contribution is 2.29. The van der Waals surface area contributed by atoms with E-state index in [1.54, 1.807) is 17.1 Å². The van der Waals surface area contributed by atoms with E-state index in [9.17, 15) is 13.2 Å². The molecule has 0 bridgehead atoms. The van der Waals surface area contributed by atoms with Crippen LogP contribution in [-0.2, 0) is 19.3 Å². The Labute approximate surface area is 114 Å². The third-order valence-electron chi connectivity index (χ3n) is 2.65. The topological polar surface area (TPSA) is 53.1 Å². The van der Waals surface area contributed by atoms with E-state index in [0.29, 0.717) is 24.4 Å². The molecule has 7 heteroatoms. The molecule has 0 unspecified atom stereocenters. The van der Waals surface area contributed by atoms with Gasteiger partial charge in [0.05, 0.1) is 24.5 Å². The Balaban J connectivity index is 1.93. The van der Waals surface area contributed by atoms with Crippen molar-refractivity contribution >= 4 is 0 Å². The van der Waals surface area contributed by atoms with Crippen molar-refractivity contribution in [3.63, 3.8) is 0 Å². The molecule has 0 atom stereocenters. The van der Waals surface area contributed by atoms with Crippen LogP contribution >= 0.6 is 0 Å². The number of benzene rings is 1. The van der Waals surface area contributed by atoms with Gasteiger partial charge in [0.15, 0.2) is 5.75 Å². The number of hydrogen-bond donors (Lipinski definition) is 1. The molecule has 0 spiro atoms. The van der Waals surface area contributed by atoms with Gasteiger partial charge in [0, 0.05) is 6.54 Å². The molecule has 0 aliphatic carbocycles. The number of halogens is 3. The van der Waals surface area contributed by atoms with E-state index >= 15 is 0 Å². The number of rotatable bonds is 5. The maximum Gasteiger partial charge on any atom is 0.416 e. The first-order valence-electron chi connectivity index (χ1n) is 6.00. The smallest absolute Gasteiger partial charge is 0.416 e. The van der Waals surface area contributed by atoms with Crippen LogP contribution in [-0.4, -0.2) is 16.3 Å². The van der Waals surface area contributed by atoms with Crippen LogP contribution in [0.15, 0.2) is 36.7 Å². The van der Waals surface area contributed by atoms with Crippen molar-refractivity contribution in [2.45, 2.75) is 19.3 Å². The van der Waals surface area contributed by atoms with E-state index in [1.165, 1.54) is 12.1 Å². The largest absolute Gasteiger partial charge is 0.486 e. The second kappa shape index (κ2) is 5.96. The summed E-state index contributed by atoms with van der Waals surface area (Å²) in [4.78, 5) is 0. The van der Waals surface area contributed by atoms with Crippen LogP contribution in [0.4, 0.5) is 13.2 Å². The fraction of sp³-hybridized carbons (Fsp3) is 0.308. The van der Waals surface area contributed by atoms with E-state index in [4.69, 9.17) is 10.5 Å². The number of hydrogen-bond acceptors (Lipinski definition) is 3. The van der Waals surface area contributed by atoms with Crippen molar-refractivity contribution in [3.05, 3.63) is 47.8 Å². The van der Waals surface area contributed by atoms with Crippen LogP contribution in [0.25, 0.3) is 0 Å². The first-order chi connectivity index (χ1) is 9.49. The van der Waals surface area contributed by atoms with Gasteiger partial charge in [-0.15, -0.1) is 0 Å². The normalized spacial score (nSPS) is 11.6. The summed E-state index contributed by atoms with van der Waals surface area (Å²) in [6.45, 7) is 1.25. The fourth-order valence-electron chi connectivity index (χ4n) is 1.63. The highest BCUT2D eigenvalue weighted by molar-refractivity contribution is 5.24. The summed E-state index contributed by atoms with van der Waals surface area (Å²) in [7, 11) is 0. The zero-order chi connectivity index (χ0) is 14.6. The van der Waals surface area contributed by atoms with E-state index in [-0.39, 0.29) is 6.61 Å². The van der Waals surface area contributed by atoms with Gasteiger partial charge in [-0.25, -0.2) is 0 Å². The minimum Gasteiger partial charge on any atom is -0.486 e. The predicted octanol–water partition coefficient (Wildman–Crippen LogP) is 2.44. The van der Waals surface area contributed by atoms with Crippen LogP contribution in [0.1, 0.15) is 11.1 Å². The van der Waals surface area contributed by atoms with Crippen molar-refractivity contribution in [2.75, 3.05) is 6.54 Å². The SMILES string of the molecule is NCCn1cc(OCc2ccc(C(F)(F)F)cc2)cn1. The van der Waals surface area contributed by atoms with E-state index in [2.05, 4.69) is 5.10 Å². The minimum absolute atomic E-state index is 0.187. The monoisotopic (exact) mass is 285 g/mol. The Bertz CT molecular complexity index is 549. The molecule has 0 aliphatic rings. The highest BCUT2D eigenvalue weighted by atomic mass is 19.4. The molecule has 0 saturated carbocycles. The van der Waals surface area contributed by atoms with Gasteiger partial charge in [-0.1, -0.05) is 12.1 Å². The molecular formula is C13H14F3N3O. The average Bonchev–Trinajstić information content (AvgIpc) is 2.84. The molecule has 2 rings (SSSR count). The van der Waals surface area contributed by atoms with Crippen molar-refractivity contribution in [2.24, 2.45) is 5.73 Å². The lowest BCUT2D eigenvalue weighted by atomic mass is 10.1. The summed E-state index contributed by atoms with van der Waals surface area (Å²) < 4.78 is 44.3. The van der Waals surface area contributed by atoms with Crippen LogP contribution in [0.5, 0.6) is 5.75 Å². The number of nitrogens with zero attached hydrogens (tertiary/aromatic N) is 2. The van der Waals surface area contributed by atoms with Gasteiger partial charge in [-0.05, 0) is 17.7 Å². The van der Waals surface area contributed by atoms with Gasteiger partial charge in [0.1, 0.15) is 6.61 Å². The molecule has 4 nitrogen and oxygen atoms in total. The van der Waals surface area contributed by atoms with Crippen molar-refractivity contribution in [1.29, 1.82) is 0 Å². The zero-order valence-electron chi connectivity index (χ0n) is 10.6. The summed E-state index contributed by atoms with van der Waals surface area (Å²) in [6.07, 6.45) is -1.08. The van der Waals surface area contributed by atoms with Gasteiger partial charge in [-0.2, -0.15) is 18.3 Å². The quantitative estimate of drug-likeness (QED) is 0.918. The van der Waals surface area contributed by atoms with Gasteiger partial charge in [0.2, 0.25) is 0 Å². The van der Waals surface area contributed by atoms with Crippen LogP contribution in [0, 0.1) is 0 Å². The molecule has 2 aromatic rings. The summed E-state index contributed by atoms with van der Waals surface area (Å²) >= 11 is 0. The molecule has 1 aromatic heterocycles. The number of ether oxygens (including phenoxy) is 1. The van der Waals surface area contributed by atoms with Crippen molar-refractivity contribution in [1.82, 2.24) is 9.78 Å². The van der Waals surface area contributed by atoms with Gasteiger partial charge < -0.3 is 10.5 Å². The van der Waals surface area contributed by atoms with Gasteiger partial charge >= 0.3 is 6.18 Å². The van der Waals surface area contributed by atoms with Gasteiger partial charge in [0.25, 0.3) is 0 Å². The molecule has 20 heavy (non-hydrogen) atoms. The molecule has 2 N–H and O–H groups in total. The first kappa shape index (κ1) is 14.4. The molecular weight excluding hydrogens is 271 g/mol. The van der Waals surface area contributed by atoms with Crippen molar-refractivity contribution in [3.8, 4) is 5.75 Å². The van der Waals surface area contributed by atoms with Crippen LogP contribution in [0.3, 0.4) is 0 Å². The number of aromatic nitrogens is 2. The van der Waals surface area contributed by atoms with Crippen LogP contribution < -0.4 is 10.5 Å².